The minimum atomic E-state index is -0.212. The first-order valence-corrected chi connectivity index (χ1v) is 8.59. The molecule has 138 valence electrons. The van der Waals surface area contributed by atoms with Crippen molar-refractivity contribution in [3.63, 3.8) is 0 Å². The lowest BCUT2D eigenvalue weighted by atomic mass is 10.0. The molecule has 0 saturated carbocycles. The van der Waals surface area contributed by atoms with E-state index in [4.69, 9.17) is 9.47 Å². The predicted molar refractivity (Wildman–Crippen MR) is 108 cm³/mol. The summed E-state index contributed by atoms with van der Waals surface area (Å²) in [5.74, 6) is 1.05. The Balaban J connectivity index is 1.81. The van der Waals surface area contributed by atoms with Crippen molar-refractivity contribution in [2.45, 2.75) is 13.8 Å². The van der Waals surface area contributed by atoms with Gasteiger partial charge < -0.3 is 14.8 Å². The smallest absolute Gasteiger partial charge is 0.248 e. The third-order valence-corrected chi connectivity index (χ3v) is 4.53. The van der Waals surface area contributed by atoms with Gasteiger partial charge in [0.25, 0.3) is 0 Å². The summed E-state index contributed by atoms with van der Waals surface area (Å²) in [6.45, 7) is 4.08. The fraction of sp³-hybridized carbons (Fsp3) is 0.182. The molecule has 0 atom stereocenters. The van der Waals surface area contributed by atoms with E-state index in [0.717, 1.165) is 27.7 Å². The highest BCUT2D eigenvalue weighted by molar-refractivity contribution is 6.07. The molecule has 27 heavy (non-hydrogen) atoms. The number of aromatic nitrogens is 1. The molecule has 0 unspecified atom stereocenters. The number of carbonyl (C=O) groups is 1. The predicted octanol–water partition coefficient (Wildman–Crippen LogP) is 4.52. The molecule has 5 nitrogen and oxygen atoms in total. The average Bonchev–Trinajstić information content (AvgIpc) is 2.69. The summed E-state index contributed by atoms with van der Waals surface area (Å²) in [6, 6.07) is 11.3. The molecule has 3 rings (SSSR count). The van der Waals surface area contributed by atoms with Crippen molar-refractivity contribution >= 4 is 28.6 Å². The highest BCUT2D eigenvalue weighted by atomic mass is 16.5. The lowest BCUT2D eigenvalue weighted by Gasteiger charge is -2.10. The van der Waals surface area contributed by atoms with Crippen molar-refractivity contribution in [3.05, 3.63) is 65.4 Å². The third kappa shape index (κ3) is 3.92. The molecule has 0 saturated heterocycles. The first kappa shape index (κ1) is 18.5. The van der Waals surface area contributed by atoms with Gasteiger partial charge in [0.05, 0.1) is 25.4 Å². The van der Waals surface area contributed by atoms with Gasteiger partial charge in [-0.05, 0) is 54.8 Å². The van der Waals surface area contributed by atoms with Crippen LogP contribution in [0.5, 0.6) is 11.5 Å². The molecule has 2 aromatic carbocycles. The van der Waals surface area contributed by atoms with Gasteiger partial charge in [-0.25, -0.2) is 0 Å². The summed E-state index contributed by atoms with van der Waals surface area (Å²) >= 11 is 0. The standard InChI is InChI=1S/C22H22N2O3/c1-14-5-8-17-18(11-12-23-22(17)15(14)2)24-21(25)10-7-16-6-9-19(26-3)20(13-16)27-4/h5-13H,1-4H3,(H,23,24,25)/b10-7+. The van der Waals surface area contributed by atoms with Crippen LogP contribution >= 0.6 is 0 Å². The van der Waals surface area contributed by atoms with Crippen molar-refractivity contribution in [3.8, 4) is 11.5 Å². The SMILES string of the molecule is COc1ccc(/C=C/C(=O)Nc2ccnc3c(C)c(C)ccc23)cc1OC. The Morgan fingerprint density at radius 2 is 1.81 bits per heavy atom. The molecule has 0 aliphatic carbocycles. The zero-order valence-corrected chi connectivity index (χ0v) is 15.9. The van der Waals surface area contributed by atoms with E-state index in [-0.39, 0.29) is 5.91 Å². The van der Waals surface area contributed by atoms with E-state index in [0.29, 0.717) is 11.5 Å². The molecule has 1 N–H and O–H groups in total. The number of nitrogens with zero attached hydrogens (tertiary/aromatic N) is 1. The number of fused-ring (bicyclic) bond motifs is 1. The second kappa shape index (κ2) is 7.91. The van der Waals surface area contributed by atoms with Crippen LogP contribution in [0.15, 0.2) is 48.7 Å². The maximum atomic E-state index is 12.4. The topological polar surface area (TPSA) is 60.5 Å². The van der Waals surface area contributed by atoms with Gasteiger partial charge in [-0.1, -0.05) is 18.2 Å². The third-order valence-electron chi connectivity index (χ3n) is 4.53. The molecule has 0 spiro atoms. The number of hydrogen-bond donors (Lipinski definition) is 1. The summed E-state index contributed by atoms with van der Waals surface area (Å²) in [7, 11) is 3.17. The van der Waals surface area contributed by atoms with E-state index in [1.165, 1.54) is 11.6 Å². The van der Waals surface area contributed by atoms with Crippen LogP contribution in [0.1, 0.15) is 16.7 Å². The summed E-state index contributed by atoms with van der Waals surface area (Å²) < 4.78 is 10.5. The Hall–Kier alpha value is -3.34. The van der Waals surface area contributed by atoms with Crippen LogP contribution in [0.3, 0.4) is 0 Å². The van der Waals surface area contributed by atoms with Crippen molar-refractivity contribution in [1.29, 1.82) is 0 Å². The largest absolute Gasteiger partial charge is 0.493 e. The number of ether oxygens (including phenoxy) is 2. The van der Waals surface area contributed by atoms with E-state index in [9.17, 15) is 4.79 Å². The minimum absolute atomic E-state index is 0.212. The van der Waals surface area contributed by atoms with Crippen LogP contribution in [0.2, 0.25) is 0 Å². The van der Waals surface area contributed by atoms with Crippen LogP contribution in [-0.2, 0) is 4.79 Å². The van der Waals surface area contributed by atoms with Gasteiger partial charge in [-0.15, -0.1) is 0 Å². The second-order valence-corrected chi connectivity index (χ2v) is 6.20. The maximum Gasteiger partial charge on any atom is 0.248 e. The van der Waals surface area contributed by atoms with Crippen molar-refractivity contribution in [2.75, 3.05) is 19.5 Å². The molecule has 1 amide bonds. The fourth-order valence-electron chi connectivity index (χ4n) is 2.87. The Kier molecular flexibility index (Phi) is 5.41. The van der Waals surface area contributed by atoms with Gasteiger partial charge in [0.2, 0.25) is 5.91 Å². The van der Waals surface area contributed by atoms with E-state index < -0.39 is 0 Å². The van der Waals surface area contributed by atoms with Crippen molar-refractivity contribution in [2.24, 2.45) is 0 Å². The van der Waals surface area contributed by atoms with Gasteiger partial charge >= 0.3 is 0 Å². The minimum Gasteiger partial charge on any atom is -0.493 e. The Bertz CT molecular complexity index is 1030. The average molecular weight is 362 g/mol. The monoisotopic (exact) mass is 362 g/mol. The highest BCUT2D eigenvalue weighted by Gasteiger charge is 2.08. The Morgan fingerprint density at radius 1 is 1.04 bits per heavy atom. The zero-order chi connectivity index (χ0) is 19.4. The van der Waals surface area contributed by atoms with Crippen LogP contribution in [-0.4, -0.2) is 25.1 Å². The number of amides is 1. The van der Waals surface area contributed by atoms with Crippen LogP contribution in [0, 0.1) is 13.8 Å². The number of rotatable bonds is 5. The Labute approximate surface area is 158 Å². The van der Waals surface area contributed by atoms with Crippen molar-refractivity contribution < 1.29 is 14.3 Å². The molecule has 0 aliphatic heterocycles. The fourth-order valence-corrected chi connectivity index (χ4v) is 2.87. The summed E-state index contributed by atoms with van der Waals surface area (Å²) in [6.07, 6.45) is 4.94. The lowest BCUT2D eigenvalue weighted by Crippen LogP contribution is -2.08. The number of anilines is 1. The van der Waals surface area contributed by atoms with E-state index in [1.54, 1.807) is 38.6 Å². The van der Waals surface area contributed by atoms with E-state index in [2.05, 4.69) is 10.3 Å². The van der Waals surface area contributed by atoms with Gasteiger partial charge in [-0.3, -0.25) is 9.78 Å². The number of hydrogen-bond acceptors (Lipinski definition) is 4. The quantitative estimate of drug-likeness (QED) is 0.678. The normalized spacial score (nSPS) is 11.0. The number of pyridine rings is 1. The number of aryl methyl sites for hydroxylation is 2. The lowest BCUT2D eigenvalue weighted by molar-refractivity contribution is -0.111. The number of carbonyl (C=O) groups excluding carboxylic acids is 1. The van der Waals surface area contributed by atoms with Crippen LogP contribution in [0.4, 0.5) is 5.69 Å². The maximum absolute atomic E-state index is 12.4. The molecule has 1 heterocycles. The van der Waals surface area contributed by atoms with Crippen molar-refractivity contribution in [1.82, 2.24) is 4.98 Å². The molecule has 0 fully saturated rings. The van der Waals surface area contributed by atoms with Gasteiger partial charge in [-0.2, -0.15) is 0 Å². The number of methoxy groups -OCH3 is 2. The van der Waals surface area contributed by atoms with Crippen LogP contribution < -0.4 is 14.8 Å². The molecule has 0 radical (unpaired) electrons. The van der Waals surface area contributed by atoms with Gasteiger partial charge in [0.1, 0.15) is 0 Å². The molecule has 5 heteroatoms. The summed E-state index contributed by atoms with van der Waals surface area (Å²) in [5.41, 5.74) is 4.77. The molecule has 0 aliphatic rings. The first-order chi connectivity index (χ1) is 13.0. The van der Waals surface area contributed by atoms with Gasteiger partial charge in [0, 0.05) is 17.7 Å². The highest BCUT2D eigenvalue weighted by Crippen LogP contribution is 2.28. The van der Waals surface area contributed by atoms with Gasteiger partial charge in [0.15, 0.2) is 11.5 Å². The molecule has 3 aromatic rings. The number of nitrogens with one attached hydrogen (secondary N) is 1. The first-order valence-electron chi connectivity index (χ1n) is 8.59. The number of benzene rings is 2. The summed E-state index contributed by atoms with van der Waals surface area (Å²) in [5, 5.41) is 3.86. The molecule has 0 bridgehead atoms. The van der Waals surface area contributed by atoms with Crippen LogP contribution in [0.25, 0.3) is 17.0 Å². The van der Waals surface area contributed by atoms with E-state index in [1.807, 2.05) is 38.1 Å². The zero-order valence-electron chi connectivity index (χ0n) is 15.9. The summed E-state index contributed by atoms with van der Waals surface area (Å²) in [4.78, 5) is 16.8. The van der Waals surface area contributed by atoms with E-state index >= 15 is 0 Å². The Morgan fingerprint density at radius 3 is 2.56 bits per heavy atom. The molecular formula is C22H22N2O3. The molecule has 1 aromatic heterocycles. The molecular weight excluding hydrogens is 340 g/mol. The second-order valence-electron chi connectivity index (χ2n) is 6.20.